The number of hydrogen-bond acceptors (Lipinski definition) is 5. The average Bonchev–Trinajstić information content (AvgIpc) is 2.71. The predicted octanol–water partition coefficient (Wildman–Crippen LogP) is 3.25. The van der Waals surface area contributed by atoms with Crippen molar-refractivity contribution in [1.82, 2.24) is 15.0 Å². The van der Waals surface area contributed by atoms with Crippen molar-refractivity contribution in [2.24, 2.45) is 0 Å². The Labute approximate surface area is 118 Å². The highest BCUT2D eigenvalue weighted by molar-refractivity contribution is 14.1. The lowest BCUT2D eigenvalue weighted by Gasteiger charge is -2.08. The van der Waals surface area contributed by atoms with Crippen molar-refractivity contribution in [3.63, 3.8) is 0 Å². The molecule has 1 N–H and O–H groups in total. The van der Waals surface area contributed by atoms with E-state index in [1.54, 1.807) is 11.3 Å². The highest BCUT2D eigenvalue weighted by atomic mass is 127. The molecular formula is C11H13IN4S. The number of hydrogen-bond donors (Lipinski definition) is 1. The first-order valence-electron chi connectivity index (χ1n) is 5.32. The Kier molecular flexibility index (Phi) is 3.93. The normalized spacial score (nSPS) is 10.6. The second-order valence-electron chi connectivity index (χ2n) is 3.62. The van der Waals surface area contributed by atoms with Gasteiger partial charge in [0.25, 0.3) is 0 Å². The van der Waals surface area contributed by atoms with Gasteiger partial charge < -0.3 is 5.32 Å². The van der Waals surface area contributed by atoms with Crippen molar-refractivity contribution >= 4 is 39.7 Å². The van der Waals surface area contributed by atoms with Gasteiger partial charge in [-0.3, -0.25) is 0 Å². The third-order valence-corrected chi connectivity index (χ3v) is 4.42. The van der Waals surface area contributed by atoms with Crippen molar-refractivity contribution in [3.8, 4) is 10.8 Å². The quantitative estimate of drug-likeness (QED) is 0.854. The molecule has 2 heterocycles. The van der Waals surface area contributed by atoms with Crippen LogP contribution < -0.4 is 5.32 Å². The number of aromatic nitrogens is 3. The first-order chi connectivity index (χ1) is 8.11. The van der Waals surface area contributed by atoms with Gasteiger partial charge in [0.1, 0.15) is 5.82 Å². The zero-order chi connectivity index (χ0) is 12.4. The van der Waals surface area contributed by atoms with Crippen LogP contribution in [0, 0.1) is 17.4 Å². The zero-order valence-electron chi connectivity index (χ0n) is 9.91. The third-order valence-electron chi connectivity index (χ3n) is 2.17. The molecule has 0 aromatic carbocycles. The summed E-state index contributed by atoms with van der Waals surface area (Å²) in [6.45, 7) is 6.88. The van der Waals surface area contributed by atoms with Crippen molar-refractivity contribution in [2.45, 2.75) is 20.8 Å². The monoisotopic (exact) mass is 360 g/mol. The van der Waals surface area contributed by atoms with E-state index in [1.165, 1.54) is 0 Å². The average molecular weight is 360 g/mol. The van der Waals surface area contributed by atoms with E-state index in [1.807, 2.05) is 19.2 Å². The molecule has 6 heteroatoms. The van der Waals surface area contributed by atoms with Gasteiger partial charge in [-0.1, -0.05) is 0 Å². The smallest absolute Gasteiger partial charge is 0.190 e. The second kappa shape index (κ2) is 5.26. The Morgan fingerprint density at radius 1 is 1.29 bits per heavy atom. The van der Waals surface area contributed by atoms with Crippen molar-refractivity contribution in [3.05, 3.63) is 20.3 Å². The first kappa shape index (κ1) is 12.7. The van der Waals surface area contributed by atoms with Gasteiger partial charge in [-0.2, -0.15) is 0 Å². The highest BCUT2D eigenvalue weighted by Gasteiger charge is 2.12. The summed E-state index contributed by atoms with van der Waals surface area (Å²) >= 11 is 3.84. The van der Waals surface area contributed by atoms with E-state index >= 15 is 0 Å². The molecule has 0 amide bonds. The summed E-state index contributed by atoms with van der Waals surface area (Å²) in [7, 11) is 0. The molecule has 0 aliphatic rings. The standard InChI is InChI=1S/C11H13IN4S/c1-4-13-9-8(12)7(3)15-10(16-9)11-14-6(2)5-17-11/h5H,4H2,1-3H3,(H,13,15,16). The summed E-state index contributed by atoms with van der Waals surface area (Å²) in [6, 6.07) is 0. The van der Waals surface area contributed by atoms with E-state index in [9.17, 15) is 0 Å². The number of anilines is 1. The number of halogens is 1. The molecule has 90 valence electrons. The molecule has 0 radical (unpaired) electrons. The van der Waals surface area contributed by atoms with Gasteiger partial charge in [-0.05, 0) is 43.4 Å². The Balaban J connectivity index is 2.48. The Morgan fingerprint density at radius 3 is 2.65 bits per heavy atom. The fraction of sp³-hybridized carbons (Fsp3) is 0.364. The van der Waals surface area contributed by atoms with Crippen LogP contribution in [0.25, 0.3) is 10.8 Å². The van der Waals surface area contributed by atoms with E-state index in [0.717, 1.165) is 32.3 Å². The predicted molar refractivity (Wildman–Crippen MR) is 79.5 cm³/mol. The van der Waals surface area contributed by atoms with Gasteiger partial charge in [-0.15, -0.1) is 11.3 Å². The lowest BCUT2D eigenvalue weighted by Crippen LogP contribution is -2.06. The molecule has 0 spiro atoms. The molecule has 0 unspecified atom stereocenters. The third kappa shape index (κ3) is 2.74. The molecule has 0 aliphatic carbocycles. The van der Waals surface area contributed by atoms with E-state index in [0.29, 0.717) is 5.82 Å². The minimum absolute atomic E-state index is 0.706. The van der Waals surface area contributed by atoms with Crippen molar-refractivity contribution in [1.29, 1.82) is 0 Å². The Hall–Kier alpha value is -0.760. The summed E-state index contributed by atoms with van der Waals surface area (Å²) in [5.41, 5.74) is 1.99. The Morgan fingerprint density at radius 2 is 2.06 bits per heavy atom. The highest BCUT2D eigenvalue weighted by Crippen LogP contribution is 2.25. The fourth-order valence-electron chi connectivity index (χ4n) is 1.40. The molecule has 2 rings (SSSR count). The van der Waals surface area contributed by atoms with Gasteiger partial charge in [0.15, 0.2) is 10.8 Å². The lowest BCUT2D eigenvalue weighted by molar-refractivity contribution is 1.05. The van der Waals surface area contributed by atoms with E-state index < -0.39 is 0 Å². The van der Waals surface area contributed by atoms with Gasteiger partial charge in [0.2, 0.25) is 0 Å². The molecule has 0 bridgehead atoms. The summed E-state index contributed by atoms with van der Waals surface area (Å²) in [5.74, 6) is 1.60. The summed E-state index contributed by atoms with van der Waals surface area (Å²) in [5, 5.41) is 6.14. The van der Waals surface area contributed by atoms with E-state index in [2.05, 4.69) is 49.8 Å². The largest absolute Gasteiger partial charge is 0.369 e. The summed E-state index contributed by atoms with van der Waals surface area (Å²) < 4.78 is 1.07. The van der Waals surface area contributed by atoms with Gasteiger partial charge >= 0.3 is 0 Å². The van der Waals surface area contributed by atoms with Crippen LogP contribution >= 0.6 is 33.9 Å². The number of aryl methyl sites for hydroxylation is 2. The SMILES string of the molecule is CCNc1nc(-c2nc(C)cs2)nc(C)c1I. The molecule has 0 saturated heterocycles. The van der Waals surface area contributed by atoms with Gasteiger partial charge in [0.05, 0.1) is 9.26 Å². The van der Waals surface area contributed by atoms with Crippen molar-refractivity contribution < 1.29 is 0 Å². The molecule has 2 aromatic heterocycles. The van der Waals surface area contributed by atoms with Crippen LogP contribution in [0.15, 0.2) is 5.38 Å². The number of thiazole rings is 1. The summed E-state index contributed by atoms with van der Waals surface area (Å²) in [6.07, 6.45) is 0. The van der Waals surface area contributed by atoms with Gasteiger partial charge in [-0.25, -0.2) is 15.0 Å². The topological polar surface area (TPSA) is 50.7 Å². The fourth-order valence-corrected chi connectivity index (χ4v) is 2.56. The zero-order valence-corrected chi connectivity index (χ0v) is 12.9. The molecule has 0 saturated carbocycles. The molecule has 0 atom stereocenters. The minimum Gasteiger partial charge on any atom is -0.369 e. The Bertz CT molecular complexity index is 538. The minimum atomic E-state index is 0.706. The first-order valence-corrected chi connectivity index (χ1v) is 7.28. The molecule has 17 heavy (non-hydrogen) atoms. The van der Waals surface area contributed by atoms with E-state index in [4.69, 9.17) is 0 Å². The number of nitrogens with zero attached hydrogens (tertiary/aromatic N) is 3. The van der Waals surface area contributed by atoms with Crippen LogP contribution in [0.4, 0.5) is 5.82 Å². The van der Waals surface area contributed by atoms with Crippen LogP contribution in [0.2, 0.25) is 0 Å². The van der Waals surface area contributed by atoms with Gasteiger partial charge in [0, 0.05) is 17.6 Å². The van der Waals surface area contributed by atoms with Crippen LogP contribution in [0.1, 0.15) is 18.3 Å². The lowest BCUT2D eigenvalue weighted by atomic mass is 10.4. The number of nitrogens with one attached hydrogen (secondary N) is 1. The van der Waals surface area contributed by atoms with E-state index in [-0.39, 0.29) is 0 Å². The molecule has 4 nitrogen and oxygen atoms in total. The van der Waals surface area contributed by atoms with Crippen LogP contribution in [0.3, 0.4) is 0 Å². The maximum atomic E-state index is 4.52. The maximum absolute atomic E-state index is 4.52. The molecule has 2 aromatic rings. The second-order valence-corrected chi connectivity index (χ2v) is 5.56. The number of rotatable bonds is 3. The van der Waals surface area contributed by atoms with Crippen LogP contribution in [-0.4, -0.2) is 21.5 Å². The van der Waals surface area contributed by atoms with Crippen LogP contribution in [-0.2, 0) is 0 Å². The van der Waals surface area contributed by atoms with Crippen molar-refractivity contribution in [2.75, 3.05) is 11.9 Å². The maximum Gasteiger partial charge on any atom is 0.190 e. The molecule has 0 fully saturated rings. The summed E-state index contributed by atoms with van der Waals surface area (Å²) in [4.78, 5) is 13.4. The molecule has 0 aliphatic heterocycles. The molecular weight excluding hydrogens is 347 g/mol. The van der Waals surface area contributed by atoms with Crippen LogP contribution in [0.5, 0.6) is 0 Å².